The predicted molar refractivity (Wildman–Crippen MR) is 114 cm³/mol. The molecule has 152 valence electrons. The Kier molecular flexibility index (Phi) is 6.07. The summed E-state index contributed by atoms with van der Waals surface area (Å²) in [6, 6.07) is 16.3. The van der Waals surface area contributed by atoms with Crippen LogP contribution in [0.15, 0.2) is 60.9 Å². The molecule has 0 saturated carbocycles. The third-order valence-corrected chi connectivity index (χ3v) is 5.64. The van der Waals surface area contributed by atoms with Crippen molar-refractivity contribution in [3.63, 3.8) is 0 Å². The van der Waals surface area contributed by atoms with Crippen molar-refractivity contribution in [1.82, 2.24) is 19.6 Å². The topological polar surface area (TPSA) is 24.3 Å². The van der Waals surface area contributed by atoms with Gasteiger partial charge in [-0.15, -0.1) is 0 Å². The van der Waals surface area contributed by atoms with Gasteiger partial charge in [-0.1, -0.05) is 30.7 Å². The summed E-state index contributed by atoms with van der Waals surface area (Å²) in [6.07, 6.45) is 7.22. The first-order valence-electron chi connectivity index (χ1n) is 10.4. The molecule has 4 rings (SSSR count). The van der Waals surface area contributed by atoms with Crippen molar-refractivity contribution in [3.8, 4) is 5.69 Å². The molecule has 0 aliphatic carbocycles. The zero-order valence-electron chi connectivity index (χ0n) is 17.3. The van der Waals surface area contributed by atoms with Crippen LogP contribution < -0.4 is 0 Å². The second-order valence-electron chi connectivity index (χ2n) is 8.19. The van der Waals surface area contributed by atoms with E-state index in [0.717, 1.165) is 37.3 Å². The standard InChI is InChI=1S/C24H29FN4/c1-27(2)17-19-7-9-20(10-8-19)23-6-3-4-14-28(23)18-21-16-22(25)11-12-24(21)29-15-5-13-26-29/h5,7-13,15-16,23H,3-4,6,14,17-18H2,1-2H3. The molecule has 2 aromatic carbocycles. The Hall–Kier alpha value is -2.50. The van der Waals surface area contributed by atoms with Crippen LogP contribution in [0.3, 0.4) is 0 Å². The number of aromatic nitrogens is 2. The van der Waals surface area contributed by atoms with E-state index in [2.05, 4.69) is 53.3 Å². The minimum absolute atomic E-state index is 0.197. The number of hydrogen-bond donors (Lipinski definition) is 0. The Balaban J connectivity index is 1.58. The van der Waals surface area contributed by atoms with Gasteiger partial charge in [-0.2, -0.15) is 5.10 Å². The normalized spacial score (nSPS) is 17.7. The van der Waals surface area contributed by atoms with Crippen molar-refractivity contribution in [3.05, 3.63) is 83.4 Å². The van der Waals surface area contributed by atoms with Crippen molar-refractivity contribution in [2.45, 2.75) is 38.4 Å². The van der Waals surface area contributed by atoms with Crippen LogP contribution >= 0.6 is 0 Å². The number of nitrogens with zero attached hydrogens (tertiary/aromatic N) is 4. The number of piperidine rings is 1. The lowest BCUT2D eigenvalue weighted by molar-refractivity contribution is 0.140. The zero-order chi connectivity index (χ0) is 20.2. The highest BCUT2D eigenvalue weighted by Crippen LogP contribution is 2.33. The quantitative estimate of drug-likeness (QED) is 0.602. The maximum absolute atomic E-state index is 14.1. The molecule has 29 heavy (non-hydrogen) atoms. The molecule has 5 heteroatoms. The first-order valence-corrected chi connectivity index (χ1v) is 10.4. The van der Waals surface area contributed by atoms with Crippen molar-refractivity contribution in [2.24, 2.45) is 0 Å². The lowest BCUT2D eigenvalue weighted by Gasteiger charge is -2.36. The van der Waals surface area contributed by atoms with Crippen molar-refractivity contribution < 1.29 is 4.39 Å². The van der Waals surface area contributed by atoms with Crippen LogP contribution in [-0.2, 0) is 13.1 Å². The van der Waals surface area contributed by atoms with Crippen LogP contribution in [0.5, 0.6) is 0 Å². The molecule has 1 aliphatic rings. The summed E-state index contributed by atoms with van der Waals surface area (Å²) in [6.45, 7) is 2.70. The molecule has 1 fully saturated rings. The zero-order valence-corrected chi connectivity index (χ0v) is 17.3. The highest BCUT2D eigenvalue weighted by molar-refractivity contribution is 5.41. The molecule has 3 aromatic rings. The van der Waals surface area contributed by atoms with Gasteiger partial charge in [-0.05, 0) is 74.4 Å². The average Bonchev–Trinajstić information content (AvgIpc) is 3.23. The van der Waals surface area contributed by atoms with E-state index < -0.39 is 0 Å². The van der Waals surface area contributed by atoms with E-state index in [0.29, 0.717) is 6.04 Å². The lowest BCUT2D eigenvalue weighted by Crippen LogP contribution is -2.33. The van der Waals surface area contributed by atoms with Gasteiger partial charge < -0.3 is 4.90 Å². The number of halogens is 1. The molecule has 1 unspecified atom stereocenters. The first-order chi connectivity index (χ1) is 14.1. The van der Waals surface area contributed by atoms with E-state index in [1.54, 1.807) is 12.3 Å². The second kappa shape index (κ2) is 8.89. The largest absolute Gasteiger partial charge is 0.305 e. The Labute approximate surface area is 172 Å². The van der Waals surface area contributed by atoms with E-state index in [9.17, 15) is 4.39 Å². The summed E-state index contributed by atoms with van der Waals surface area (Å²) in [7, 11) is 4.18. The van der Waals surface area contributed by atoms with E-state index in [-0.39, 0.29) is 5.82 Å². The van der Waals surface area contributed by atoms with Gasteiger partial charge in [0, 0.05) is 31.5 Å². The third kappa shape index (κ3) is 4.74. The molecule has 1 atom stereocenters. The summed E-state index contributed by atoms with van der Waals surface area (Å²) in [5, 5.41) is 4.35. The molecule has 1 aliphatic heterocycles. The summed E-state index contributed by atoms with van der Waals surface area (Å²) in [5.41, 5.74) is 4.60. The van der Waals surface area contributed by atoms with Gasteiger partial charge >= 0.3 is 0 Å². The average molecular weight is 393 g/mol. The van der Waals surface area contributed by atoms with Crippen molar-refractivity contribution in [2.75, 3.05) is 20.6 Å². The van der Waals surface area contributed by atoms with Crippen LogP contribution in [0.25, 0.3) is 5.69 Å². The summed E-state index contributed by atoms with van der Waals surface area (Å²) in [5.74, 6) is -0.197. The molecule has 0 amide bonds. The van der Waals surface area contributed by atoms with Crippen LogP contribution in [0.2, 0.25) is 0 Å². The molecule has 2 heterocycles. The fourth-order valence-corrected chi connectivity index (χ4v) is 4.30. The third-order valence-electron chi connectivity index (χ3n) is 5.64. The fourth-order valence-electron chi connectivity index (χ4n) is 4.30. The monoisotopic (exact) mass is 392 g/mol. The lowest BCUT2D eigenvalue weighted by atomic mass is 9.93. The van der Waals surface area contributed by atoms with E-state index in [1.807, 2.05) is 23.0 Å². The van der Waals surface area contributed by atoms with E-state index in [4.69, 9.17) is 0 Å². The number of benzene rings is 2. The molecule has 0 radical (unpaired) electrons. The van der Waals surface area contributed by atoms with Gasteiger partial charge in [0.1, 0.15) is 5.82 Å². The van der Waals surface area contributed by atoms with Crippen molar-refractivity contribution >= 4 is 0 Å². The SMILES string of the molecule is CN(C)Cc1ccc(C2CCCCN2Cc2cc(F)ccc2-n2cccn2)cc1. The van der Waals surface area contributed by atoms with Crippen molar-refractivity contribution in [1.29, 1.82) is 0 Å². The molecule has 1 aromatic heterocycles. The Morgan fingerprint density at radius 1 is 1.10 bits per heavy atom. The summed E-state index contributed by atoms with van der Waals surface area (Å²) < 4.78 is 15.9. The van der Waals surface area contributed by atoms with Crippen LogP contribution in [-0.4, -0.2) is 40.2 Å². The Morgan fingerprint density at radius 2 is 1.93 bits per heavy atom. The van der Waals surface area contributed by atoms with Gasteiger partial charge in [0.05, 0.1) is 5.69 Å². The second-order valence-corrected chi connectivity index (χ2v) is 8.19. The maximum Gasteiger partial charge on any atom is 0.123 e. The summed E-state index contributed by atoms with van der Waals surface area (Å²) in [4.78, 5) is 4.68. The number of rotatable bonds is 6. The van der Waals surface area contributed by atoms with Crippen LogP contribution in [0.4, 0.5) is 4.39 Å². The number of hydrogen-bond acceptors (Lipinski definition) is 3. The first kappa shape index (κ1) is 19.8. The molecule has 0 bridgehead atoms. The molecule has 0 spiro atoms. The minimum Gasteiger partial charge on any atom is -0.305 e. The Bertz CT molecular complexity index is 919. The van der Waals surface area contributed by atoms with Gasteiger partial charge in [0.2, 0.25) is 0 Å². The van der Waals surface area contributed by atoms with Crippen LogP contribution in [0.1, 0.15) is 42.0 Å². The maximum atomic E-state index is 14.1. The van der Waals surface area contributed by atoms with Crippen LogP contribution in [0, 0.1) is 5.82 Å². The van der Waals surface area contributed by atoms with Gasteiger partial charge in [-0.25, -0.2) is 9.07 Å². The highest BCUT2D eigenvalue weighted by atomic mass is 19.1. The molecule has 0 N–H and O–H groups in total. The van der Waals surface area contributed by atoms with E-state index in [1.165, 1.54) is 30.0 Å². The Morgan fingerprint density at radius 3 is 2.66 bits per heavy atom. The molecule has 4 nitrogen and oxygen atoms in total. The van der Waals surface area contributed by atoms with Gasteiger partial charge in [-0.3, -0.25) is 4.90 Å². The van der Waals surface area contributed by atoms with Gasteiger partial charge in [0.25, 0.3) is 0 Å². The highest BCUT2D eigenvalue weighted by Gasteiger charge is 2.25. The molecular formula is C24H29FN4. The number of likely N-dealkylation sites (tertiary alicyclic amines) is 1. The smallest absolute Gasteiger partial charge is 0.123 e. The molecule has 1 saturated heterocycles. The van der Waals surface area contributed by atoms with E-state index >= 15 is 0 Å². The fraction of sp³-hybridized carbons (Fsp3) is 0.375. The predicted octanol–water partition coefficient (Wildman–Crippen LogP) is 4.80. The van der Waals surface area contributed by atoms with Gasteiger partial charge in [0.15, 0.2) is 0 Å². The minimum atomic E-state index is -0.197. The summed E-state index contributed by atoms with van der Waals surface area (Å²) >= 11 is 0. The molecular weight excluding hydrogens is 363 g/mol.